The fraction of sp³-hybridized carbons (Fsp3) is 0.214. The molecule has 21 heavy (non-hydrogen) atoms. The van der Waals surface area contributed by atoms with Gasteiger partial charge in [-0.1, -0.05) is 5.16 Å². The topological polar surface area (TPSA) is 77.8 Å². The highest BCUT2D eigenvalue weighted by Crippen LogP contribution is 2.30. The van der Waals surface area contributed by atoms with Gasteiger partial charge < -0.3 is 10.3 Å². The Kier molecular flexibility index (Phi) is 3.52. The Morgan fingerprint density at radius 1 is 1.29 bits per heavy atom. The van der Waals surface area contributed by atoms with Crippen molar-refractivity contribution in [2.45, 2.75) is 20.4 Å². The van der Waals surface area contributed by atoms with Crippen LogP contribution >= 0.6 is 11.3 Å². The molecule has 0 aliphatic rings. The van der Waals surface area contributed by atoms with Crippen LogP contribution in [0.2, 0.25) is 0 Å². The zero-order valence-corrected chi connectivity index (χ0v) is 12.4. The predicted molar refractivity (Wildman–Crippen MR) is 78.2 cm³/mol. The summed E-state index contributed by atoms with van der Waals surface area (Å²) in [5.41, 5.74) is 7.90. The summed E-state index contributed by atoms with van der Waals surface area (Å²) < 4.78 is 18.4. The fourth-order valence-electron chi connectivity index (χ4n) is 2.04. The van der Waals surface area contributed by atoms with Crippen molar-refractivity contribution in [3.63, 3.8) is 0 Å². The monoisotopic (exact) mass is 304 g/mol. The number of halogens is 1. The predicted octanol–water partition coefficient (Wildman–Crippen LogP) is 3.07. The quantitative estimate of drug-likeness (QED) is 0.804. The molecule has 0 saturated heterocycles. The molecule has 108 valence electrons. The van der Waals surface area contributed by atoms with Gasteiger partial charge in [-0.3, -0.25) is 0 Å². The summed E-state index contributed by atoms with van der Waals surface area (Å²) in [5, 5.41) is 4.79. The van der Waals surface area contributed by atoms with Crippen LogP contribution in [0.4, 0.5) is 4.39 Å². The molecule has 2 heterocycles. The molecule has 5 nitrogen and oxygen atoms in total. The number of aromatic nitrogens is 3. The molecular formula is C14H13FN4OS. The third kappa shape index (κ3) is 2.57. The van der Waals surface area contributed by atoms with Gasteiger partial charge in [0, 0.05) is 12.1 Å². The van der Waals surface area contributed by atoms with Gasteiger partial charge in [0.05, 0.1) is 5.69 Å². The van der Waals surface area contributed by atoms with Crippen molar-refractivity contribution >= 4 is 11.3 Å². The normalized spacial score (nSPS) is 11.0. The van der Waals surface area contributed by atoms with E-state index in [0.29, 0.717) is 18.3 Å². The first-order valence-electron chi connectivity index (χ1n) is 6.35. The molecule has 0 aliphatic heterocycles. The first kappa shape index (κ1) is 13.8. The molecule has 0 atom stereocenters. The van der Waals surface area contributed by atoms with Crippen molar-refractivity contribution in [3.8, 4) is 22.2 Å². The molecule has 1 aromatic carbocycles. The van der Waals surface area contributed by atoms with Crippen LogP contribution in [0.1, 0.15) is 16.3 Å². The van der Waals surface area contributed by atoms with Crippen LogP contribution in [0, 0.1) is 19.7 Å². The molecular weight excluding hydrogens is 291 g/mol. The van der Waals surface area contributed by atoms with Gasteiger partial charge >= 0.3 is 0 Å². The molecule has 0 radical (unpaired) electrons. The lowest BCUT2D eigenvalue weighted by molar-refractivity contribution is 0.433. The summed E-state index contributed by atoms with van der Waals surface area (Å²) in [5.74, 6) is 0.555. The number of nitrogens with zero attached hydrogens (tertiary/aromatic N) is 3. The van der Waals surface area contributed by atoms with E-state index in [0.717, 1.165) is 26.7 Å². The summed E-state index contributed by atoms with van der Waals surface area (Å²) in [6.45, 7) is 4.06. The molecule has 0 saturated carbocycles. The smallest absolute Gasteiger partial charge is 0.270 e. The van der Waals surface area contributed by atoms with Crippen molar-refractivity contribution in [1.29, 1.82) is 0 Å². The Morgan fingerprint density at radius 3 is 2.76 bits per heavy atom. The number of hydrogen-bond donors (Lipinski definition) is 1. The van der Waals surface area contributed by atoms with E-state index in [4.69, 9.17) is 10.3 Å². The van der Waals surface area contributed by atoms with E-state index >= 15 is 0 Å². The number of rotatable bonds is 3. The van der Waals surface area contributed by atoms with E-state index in [9.17, 15) is 4.39 Å². The lowest BCUT2D eigenvalue weighted by Gasteiger charge is -1.99. The van der Waals surface area contributed by atoms with Gasteiger partial charge in [0.15, 0.2) is 0 Å². The highest BCUT2D eigenvalue weighted by molar-refractivity contribution is 7.15. The Balaban J connectivity index is 2.01. The maximum atomic E-state index is 13.1. The van der Waals surface area contributed by atoms with E-state index in [1.165, 1.54) is 23.5 Å². The lowest BCUT2D eigenvalue weighted by atomic mass is 10.1. The zero-order valence-electron chi connectivity index (χ0n) is 11.6. The van der Waals surface area contributed by atoms with Crippen LogP contribution in [0.5, 0.6) is 0 Å². The average molecular weight is 304 g/mol. The second kappa shape index (κ2) is 5.34. The molecule has 0 fully saturated rings. The Hall–Kier alpha value is -2.12. The maximum absolute atomic E-state index is 13.1. The molecule has 7 heteroatoms. The first-order chi connectivity index (χ1) is 10.1. The summed E-state index contributed by atoms with van der Waals surface area (Å²) in [6.07, 6.45) is 0. The summed E-state index contributed by atoms with van der Waals surface area (Å²) in [6, 6.07) is 4.46. The van der Waals surface area contributed by atoms with Crippen molar-refractivity contribution in [1.82, 2.24) is 15.1 Å². The summed E-state index contributed by atoms with van der Waals surface area (Å²) in [7, 11) is 0. The summed E-state index contributed by atoms with van der Waals surface area (Å²) >= 11 is 1.44. The van der Waals surface area contributed by atoms with E-state index in [1.54, 1.807) is 13.0 Å². The minimum atomic E-state index is -0.286. The van der Waals surface area contributed by atoms with Gasteiger partial charge in [0.1, 0.15) is 15.7 Å². The highest BCUT2D eigenvalue weighted by atomic mass is 32.1. The lowest BCUT2D eigenvalue weighted by Crippen LogP contribution is -1.94. The van der Waals surface area contributed by atoms with Crippen LogP contribution < -0.4 is 5.73 Å². The molecule has 0 unspecified atom stereocenters. The third-order valence-corrected chi connectivity index (χ3v) is 4.23. The maximum Gasteiger partial charge on any atom is 0.270 e. The van der Waals surface area contributed by atoms with E-state index in [2.05, 4.69) is 15.1 Å². The number of hydrogen-bond acceptors (Lipinski definition) is 6. The minimum absolute atomic E-state index is 0.286. The molecule has 0 spiro atoms. The van der Waals surface area contributed by atoms with E-state index < -0.39 is 0 Å². The number of benzene rings is 1. The fourth-order valence-corrected chi connectivity index (χ4v) is 2.91. The first-order valence-corrected chi connectivity index (χ1v) is 7.17. The second-order valence-corrected chi connectivity index (χ2v) is 5.69. The van der Waals surface area contributed by atoms with Gasteiger partial charge in [-0.05, 0) is 37.6 Å². The van der Waals surface area contributed by atoms with Crippen molar-refractivity contribution < 1.29 is 8.91 Å². The van der Waals surface area contributed by atoms with Crippen molar-refractivity contribution in [2.24, 2.45) is 5.73 Å². The minimum Gasteiger partial charge on any atom is -0.333 e. The standard InChI is InChI=1S/C14H13FN4OS/c1-7-5-9(15)3-4-10(7)13-18-14(20-19-13)12-8(2)17-11(6-16)21-12/h3-5H,6,16H2,1-2H3. The molecule has 3 aromatic rings. The molecule has 3 rings (SSSR count). The Labute approximate surface area is 124 Å². The number of thiazole rings is 1. The number of nitrogens with two attached hydrogens (primary N) is 1. The average Bonchev–Trinajstić information content (AvgIpc) is 3.05. The highest BCUT2D eigenvalue weighted by Gasteiger charge is 2.17. The van der Waals surface area contributed by atoms with Crippen LogP contribution in [0.25, 0.3) is 22.2 Å². The molecule has 0 amide bonds. The SMILES string of the molecule is Cc1cc(F)ccc1-c1noc(-c2sc(CN)nc2C)n1. The second-order valence-electron chi connectivity index (χ2n) is 4.61. The molecule has 2 N–H and O–H groups in total. The molecule has 0 aliphatic carbocycles. The van der Waals surface area contributed by atoms with Gasteiger partial charge in [-0.25, -0.2) is 9.37 Å². The van der Waals surface area contributed by atoms with Crippen LogP contribution in [-0.2, 0) is 6.54 Å². The Bertz CT molecular complexity index is 796. The van der Waals surface area contributed by atoms with Crippen molar-refractivity contribution in [2.75, 3.05) is 0 Å². The largest absolute Gasteiger partial charge is 0.333 e. The van der Waals surface area contributed by atoms with Gasteiger partial charge in [0.2, 0.25) is 5.82 Å². The van der Waals surface area contributed by atoms with Crippen LogP contribution in [-0.4, -0.2) is 15.1 Å². The van der Waals surface area contributed by atoms with Gasteiger partial charge in [0.25, 0.3) is 5.89 Å². The van der Waals surface area contributed by atoms with Gasteiger partial charge in [-0.2, -0.15) is 4.98 Å². The van der Waals surface area contributed by atoms with Crippen LogP contribution in [0.3, 0.4) is 0 Å². The van der Waals surface area contributed by atoms with Gasteiger partial charge in [-0.15, -0.1) is 11.3 Å². The van der Waals surface area contributed by atoms with E-state index in [1.807, 2.05) is 6.92 Å². The molecule has 2 aromatic heterocycles. The van der Waals surface area contributed by atoms with E-state index in [-0.39, 0.29) is 5.82 Å². The third-order valence-electron chi connectivity index (χ3n) is 3.07. The number of aryl methyl sites for hydroxylation is 2. The molecule has 0 bridgehead atoms. The van der Waals surface area contributed by atoms with Crippen molar-refractivity contribution in [3.05, 3.63) is 40.3 Å². The summed E-state index contributed by atoms with van der Waals surface area (Å²) in [4.78, 5) is 9.53. The van der Waals surface area contributed by atoms with Crippen LogP contribution in [0.15, 0.2) is 22.7 Å². The zero-order chi connectivity index (χ0) is 15.0. The Morgan fingerprint density at radius 2 is 2.10 bits per heavy atom.